The van der Waals surface area contributed by atoms with Crippen molar-refractivity contribution in [3.63, 3.8) is 0 Å². The SMILES string of the molecule is C#CCOc1ccccc1C(=O)O. The zero-order valence-corrected chi connectivity index (χ0v) is 6.86. The van der Waals surface area contributed by atoms with Crippen LogP contribution in [-0.2, 0) is 0 Å². The topological polar surface area (TPSA) is 46.5 Å². The van der Waals surface area contributed by atoms with Crippen molar-refractivity contribution < 1.29 is 14.6 Å². The number of hydrogen-bond acceptors (Lipinski definition) is 2. The van der Waals surface area contributed by atoms with Gasteiger partial charge in [-0.15, -0.1) is 6.42 Å². The third-order valence-corrected chi connectivity index (χ3v) is 1.43. The lowest BCUT2D eigenvalue weighted by Gasteiger charge is -2.04. The van der Waals surface area contributed by atoms with Crippen LogP contribution in [0.5, 0.6) is 5.75 Å². The lowest BCUT2D eigenvalue weighted by Crippen LogP contribution is -2.02. The lowest BCUT2D eigenvalue weighted by atomic mass is 10.2. The van der Waals surface area contributed by atoms with Gasteiger partial charge in [-0.3, -0.25) is 0 Å². The number of carbonyl (C=O) groups is 1. The second-order valence-corrected chi connectivity index (χ2v) is 2.29. The summed E-state index contributed by atoms with van der Waals surface area (Å²) in [6, 6.07) is 6.36. The van der Waals surface area contributed by atoms with Gasteiger partial charge in [-0.1, -0.05) is 18.1 Å². The molecule has 1 aromatic rings. The summed E-state index contributed by atoms with van der Waals surface area (Å²) in [4.78, 5) is 10.7. The Hall–Kier alpha value is -1.95. The molecule has 3 heteroatoms. The van der Waals surface area contributed by atoms with Gasteiger partial charge in [0.05, 0.1) is 0 Å². The highest BCUT2D eigenvalue weighted by atomic mass is 16.5. The highest BCUT2D eigenvalue weighted by Gasteiger charge is 2.08. The molecule has 0 radical (unpaired) electrons. The molecule has 66 valence electrons. The summed E-state index contributed by atoms with van der Waals surface area (Å²) >= 11 is 0. The van der Waals surface area contributed by atoms with E-state index in [0.29, 0.717) is 5.75 Å². The van der Waals surface area contributed by atoms with Crippen LogP contribution in [0.3, 0.4) is 0 Å². The molecular formula is C10H8O3. The number of benzene rings is 1. The maximum atomic E-state index is 10.7. The Kier molecular flexibility index (Phi) is 2.93. The molecule has 1 aromatic carbocycles. The molecule has 0 heterocycles. The molecule has 0 amide bonds. The van der Waals surface area contributed by atoms with Gasteiger partial charge in [0.25, 0.3) is 0 Å². The standard InChI is InChI=1S/C10H8O3/c1-2-7-13-9-6-4-3-5-8(9)10(11)12/h1,3-6H,7H2,(H,11,12). The minimum absolute atomic E-state index is 0.0737. The second kappa shape index (κ2) is 4.17. The zero-order chi connectivity index (χ0) is 9.68. The van der Waals surface area contributed by atoms with Crippen LogP contribution in [-0.4, -0.2) is 17.7 Å². The van der Waals surface area contributed by atoms with Gasteiger partial charge < -0.3 is 9.84 Å². The van der Waals surface area contributed by atoms with E-state index in [1.54, 1.807) is 18.2 Å². The number of carboxylic acid groups (broad SMARTS) is 1. The first-order valence-electron chi connectivity index (χ1n) is 3.64. The number of hydrogen-bond donors (Lipinski definition) is 1. The van der Waals surface area contributed by atoms with E-state index in [0.717, 1.165) is 0 Å². The number of rotatable bonds is 3. The van der Waals surface area contributed by atoms with E-state index in [1.165, 1.54) is 6.07 Å². The fourth-order valence-electron chi connectivity index (χ4n) is 0.889. The first kappa shape index (κ1) is 9.14. The van der Waals surface area contributed by atoms with Gasteiger partial charge in [0, 0.05) is 0 Å². The Labute approximate surface area is 76.0 Å². The van der Waals surface area contributed by atoms with Crippen molar-refractivity contribution in [2.24, 2.45) is 0 Å². The summed E-state index contributed by atoms with van der Waals surface area (Å²) in [6.45, 7) is 0.0737. The number of carboxylic acids is 1. The molecule has 1 N–H and O–H groups in total. The molecule has 13 heavy (non-hydrogen) atoms. The zero-order valence-electron chi connectivity index (χ0n) is 6.86. The first-order valence-corrected chi connectivity index (χ1v) is 3.64. The largest absolute Gasteiger partial charge is 0.480 e. The van der Waals surface area contributed by atoms with Gasteiger partial charge in [0.15, 0.2) is 0 Å². The molecule has 0 aliphatic carbocycles. The molecule has 1 rings (SSSR count). The quantitative estimate of drug-likeness (QED) is 0.708. The van der Waals surface area contributed by atoms with Crippen LogP contribution in [0.4, 0.5) is 0 Å². The van der Waals surface area contributed by atoms with E-state index < -0.39 is 5.97 Å². The van der Waals surface area contributed by atoms with Crippen LogP contribution < -0.4 is 4.74 Å². The van der Waals surface area contributed by atoms with Gasteiger partial charge in [-0.2, -0.15) is 0 Å². The van der Waals surface area contributed by atoms with E-state index in [4.69, 9.17) is 16.3 Å². The third kappa shape index (κ3) is 2.24. The lowest BCUT2D eigenvalue weighted by molar-refractivity contribution is 0.0693. The Bertz CT molecular complexity index is 349. The third-order valence-electron chi connectivity index (χ3n) is 1.43. The van der Waals surface area contributed by atoms with E-state index >= 15 is 0 Å². The van der Waals surface area contributed by atoms with Crippen molar-refractivity contribution in [2.75, 3.05) is 6.61 Å². The van der Waals surface area contributed by atoms with Crippen molar-refractivity contribution >= 4 is 5.97 Å². The van der Waals surface area contributed by atoms with Gasteiger partial charge in [-0.05, 0) is 12.1 Å². The molecule has 0 fully saturated rings. The maximum absolute atomic E-state index is 10.7. The molecule has 0 aliphatic rings. The van der Waals surface area contributed by atoms with Crippen molar-refractivity contribution in [3.05, 3.63) is 29.8 Å². The Balaban J connectivity index is 2.92. The summed E-state index contributed by atoms with van der Waals surface area (Å²) in [7, 11) is 0. The average Bonchev–Trinajstić information content (AvgIpc) is 2.15. The van der Waals surface area contributed by atoms with Crippen molar-refractivity contribution in [3.8, 4) is 18.1 Å². The minimum Gasteiger partial charge on any atom is -0.480 e. The molecule has 0 atom stereocenters. The fourth-order valence-corrected chi connectivity index (χ4v) is 0.889. The van der Waals surface area contributed by atoms with Gasteiger partial charge >= 0.3 is 5.97 Å². The fraction of sp³-hybridized carbons (Fsp3) is 0.100. The summed E-state index contributed by atoms with van der Waals surface area (Å²) in [5.41, 5.74) is 0.123. The first-order chi connectivity index (χ1) is 6.25. The Morgan fingerprint density at radius 3 is 2.85 bits per heavy atom. The average molecular weight is 176 g/mol. The van der Waals surface area contributed by atoms with Crippen LogP contribution in [0.1, 0.15) is 10.4 Å². The van der Waals surface area contributed by atoms with Crippen LogP contribution in [0.2, 0.25) is 0 Å². The Morgan fingerprint density at radius 2 is 2.23 bits per heavy atom. The van der Waals surface area contributed by atoms with Crippen LogP contribution >= 0.6 is 0 Å². The molecule has 0 saturated carbocycles. The number of aromatic carboxylic acids is 1. The molecule has 0 saturated heterocycles. The highest BCUT2D eigenvalue weighted by Crippen LogP contribution is 2.17. The molecule has 0 spiro atoms. The van der Waals surface area contributed by atoms with Crippen molar-refractivity contribution in [1.29, 1.82) is 0 Å². The molecule has 0 aromatic heterocycles. The predicted molar refractivity (Wildman–Crippen MR) is 47.7 cm³/mol. The van der Waals surface area contributed by atoms with Crippen LogP contribution in [0.15, 0.2) is 24.3 Å². The van der Waals surface area contributed by atoms with Crippen molar-refractivity contribution in [1.82, 2.24) is 0 Å². The normalized spacial score (nSPS) is 8.85. The Morgan fingerprint density at radius 1 is 1.54 bits per heavy atom. The number of terminal acetylenes is 1. The predicted octanol–water partition coefficient (Wildman–Crippen LogP) is 1.40. The van der Waals surface area contributed by atoms with Crippen molar-refractivity contribution in [2.45, 2.75) is 0 Å². The van der Waals surface area contributed by atoms with Gasteiger partial charge in [0.2, 0.25) is 0 Å². The maximum Gasteiger partial charge on any atom is 0.339 e. The van der Waals surface area contributed by atoms with Crippen LogP contribution in [0.25, 0.3) is 0 Å². The summed E-state index contributed by atoms with van der Waals surface area (Å²) in [5, 5.41) is 8.73. The van der Waals surface area contributed by atoms with Gasteiger partial charge in [-0.25, -0.2) is 4.79 Å². The monoisotopic (exact) mass is 176 g/mol. The van der Waals surface area contributed by atoms with E-state index in [9.17, 15) is 4.79 Å². The summed E-state index contributed by atoms with van der Waals surface area (Å²) in [6.07, 6.45) is 4.98. The van der Waals surface area contributed by atoms with E-state index in [1.807, 2.05) is 0 Å². The molecular weight excluding hydrogens is 168 g/mol. The smallest absolute Gasteiger partial charge is 0.339 e. The highest BCUT2D eigenvalue weighted by molar-refractivity contribution is 5.90. The van der Waals surface area contributed by atoms with Crippen LogP contribution in [0, 0.1) is 12.3 Å². The molecule has 0 unspecified atom stereocenters. The molecule has 3 nitrogen and oxygen atoms in total. The van der Waals surface area contributed by atoms with E-state index in [-0.39, 0.29) is 12.2 Å². The number of para-hydroxylation sites is 1. The minimum atomic E-state index is -1.02. The van der Waals surface area contributed by atoms with Gasteiger partial charge in [0.1, 0.15) is 17.9 Å². The second-order valence-electron chi connectivity index (χ2n) is 2.29. The molecule has 0 bridgehead atoms. The summed E-state index contributed by atoms with van der Waals surface area (Å²) in [5.74, 6) is 1.55. The molecule has 0 aliphatic heterocycles. The van der Waals surface area contributed by atoms with E-state index in [2.05, 4.69) is 5.92 Å². The number of ether oxygens (including phenoxy) is 1. The summed E-state index contributed by atoms with van der Waals surface area (Å²) < 4.78 is 5.03.